The zero-order valence-corrected chi connectivity index (χ0v) is 15.4. The molecule has 0 atom stereocenters. The maximum absolute atomic E-state index is 13.7. The molecule has 0 aliphatic rings. The van der Waals surface area contributed by atoms with Gasteiger partial charge in [0.2, 0.25) is 0 Å². The molecule has 29 heavy (non-hydrogen) atoms. The first-order chi connectivity index (χ1) is 14.0. The highest BCUT2D eigenvalue weighted by atomic mass is 19.1. The number of amides is 2. The van der Waals surface area contributed by atoms with Crippen molar-refractivity contribution in [1.82, 2.24) is 4.98 Å². The Morgan fingerprint density at radius 2 is 1.59 bits per heavy atom. The van der Waals surface area contributed by atoms with Crippen molar-refractivity contribution in [2.24, 2.45) is 0 Å². The Hall–Kier alpha value is -3.81. The van der Waals surface area contributed by atoms with E-state index in [-0.39, 0.29) is 17.1 Å². The summed E-state index contributed by atoms with van der Waals surface area (Å²) in [5, 5.41) is 4.97. The lowest BCUT2D eigenvalue weighted by atomic mass is 10.2. The average molecular weight is 397 g/mol. The first-order valence-electron chi connectivity index (χ1n) is 8.74. The Kier molecular flexibility index (Phi) is 6.13. The van der Waals surface area contributed by atoms with Gasteiger partial charge >= 0.3 is 0 Å². The highest BCUT2D eigenvalue weighted by molar-refractivity contribution is 6.06. The molecule has 0 radical (unpaired) electrons. The van der Waals surface area contributed by atoms with Crippen LogP contribution >= 0.6 is 0 Å². The van der Waals surface area contributed by atoms with Crippen LogP contribution in [-0.4, -0.2) is 23.4 Å². The molecule has 0 saturated carbocycles. The van der Waals surface area contributed by atoms with Crippen LogP contribution in [0.15, 0.2) is 60.7 Å². The summed E-state index contributed by atoms with van der Waals surface area (Å²) in [6.07, 6.45) is 0. The lowest BCUT2D eigenvalue weighted by Gasteiger charge is -2.09. The van der Waals surface area contributed by atoms with E-state index >= 15 is 0 Å². The summed E-state index contributed by atoms with van der Waals surface area (Å²) >= 11 is 0. The van der Waals surface area contributed by atoms with Gasteiger partial charge in [-0.25, -0.2) is 13.8 Å². The third-order valence-electron chi connectivity index (χ3n) is 3.82. The van der Waals surface area contributed by atoms with Gasteiger partial charge in [-0.1, -0.05) is 6.07 Å². The van der Waals surface area contributed by atoms with Gasteiger partial charge < -0.3 is 15.4 Å². The van der Waals surface area contributed by atoms with E-state index in [9.17, 15) is 18.4 Å². The second-order valence-corrected chi connectivity index (χ2v) is 5.90. The molecule has 2 amide bonds. The van der Waals surface area contributed by atoms with Gasteiger partial charge in [-0.15, -0.1) is 0 Å². The molecule has 0 aliphatic heterocycles. The topological polar surface area (TPSA) is 80.3 Å². The number of nitrogens with zero attached hydrogens (tertiary/aromatic N) is 1. The number of carbonyl (C=O) groups is 2. The van der Waals surface area contributed by atoms with Gasteiger partial charge in [0.05, 0.1) is 12.3 Å². The number of halogens is 2. The van der Waals surface area contributed by atoms with Crippen LogP contribution < -0.4 is 15.4 Å². The largest absolute Gasteiger partial charge is 0.494 e. The van der Waals surface area contributed by atoms with Crippen molar-refractivity contribution in [1.29, 1.82) is 0 Å². The summed E-state index contributed by atoms with van der Waals surface area (Å²) in [6.45, 7) is 2.40. The molecule has 0 aliphatic carbocycles. The molecule has 3 aromatic rings. The Morgan fingerprint density at radius 3 is 2.21 bits per heavy atom. The van der Waals surface area contributed by atoms with E-state index < -0.39 is 23.4 Å². The minimum absolute atomic E-state index is 0.00566. The second-order valence-electron chi connectivity index (χ2n) is 5.90. The zero-order chi connectivity index (χ0) is 20.8. The molecule has 2 aromatic carbocycles. The van der Waals surface area contributed by atoms with Crippen molar-refractivity contribution in [3.63, 3.8) is 0 Å². The summed E-state index contributed by atoms with van der Waals surface area (Å²) in [6, 6.07) is 13.9. The van der Waals surface area contributed by atoms with E-state index in [1.165, 1.54) is 18.2 Å². The maximum atomic E-state index is 13.7. The van der Waals surface area contributed by atoms with Crippen LogP contribution in [0.2, 0.25) is 0 Å². The number of aromatic nitrogens is 1. The van der Waals surface area contributed by atoms with E-state index in [0.717, 1.165) is 12.1 Å². The van der Waals surface area contributed by atoms with Crippen LogP contribution in [0, 0.1) is 11.6 Å². The SMILES string of the molecule is CCOc1ccc(NC(=O)c2cccc(C(=O)Nc3ccc(F)cc3F)n2)cc1. The van der Waals surface area contributed by atoms with Gasteiger partial charge in [0.25, 0.3) is 11.8 Å². The Labute approximate surface area is 165 Å². The smallest absolute Gasteiger partial charge is 0.274 e. The molecule has 0 bridgehead atoms. The summed E-state index contributed by atoms with van der Waals surface area (Å²) in [5.41, 5.74) is 0.255. The molecular weight excluding hydrogens is 380 g/mol. The predicted octanol–water partition coefficient (Wildman–Crippen LogP) is 4.26. The summed E-state index contributed by atoms with van der Waals surface area (Å²) in [4.78, 5) is 28.7. The molecule has 2 N–H and O–H groups in total. The first-order valence-corrected chi connectivity index (χ1v) is 8.74. The van der Waals surface area contributed by atoms with Gasteiger partial charge in [0.15, 0.2) is 0 Å². The van der Waals surface area contributed by atoms with Gasteiger partial charge in [0.1, 0.15) is 28.8 Å². The number of anilines is 2. The number of hydrogen-bond donors (Lipinski definition) is 2. The molecule has 6 nitrogen and oxygen atoms in total. The van der Waals surface area contributed by atoms with Crippen molar-refractivity contribution >= 4 is 23.2 Å². The van der Waals surface area contributed by atoms with E-state index in [4.69, 9.17) is 4.74 Å². The van der Waals surface area contributed by atoms with E-state index in [2.05, 4.69) is 15.6 Å². The van der Waals surface area contributed by atoms with Gasteiger partial charge in [-0.2, -0.15) is 0 Å². The fourth-order valence-corrected chi connectivity index (χ4v) is 2.46. The molecular formula is C21H17F2N3O3. The fourth-order valence-electron chi connectivity index (χ4n) is 2.46. The minimum Gasteiger partial charge on any atom is -0.494 e. The second kappa shape index (κ2) is 8.92. The number of ether oxygens (including phenoxy) is 1. The minimum atomic E-state index is -0.914. The van der Waals surface area contributed by atoms with Gasteiger partial charge in [-0.3, -0.25) is 9.59 Å². The normalized spacial score (nSPS) is 10.3. The number of rotatable bonds is 6. The Morgan fingerprint density at radius 1 is 0.931 bits per heavy atom. The number of hydrogen-bond acceptors (Lipinski definition) is 4. The first kappa shape index (κ1) is 19.9. The predicted molar refractivity (Wildman–Crippen MR) is 104 cm³/mol. The standard InChI is InChI=1S/C21H17F2N3O3/c1-2-29-15-9-7-14(8-10-15)24-20(27)18-4-3-5-19(25-18)21(28)26-17-11-6-13(22)12-16(17)23/h3-12H,2H2,1H3,(H,24,27)(H,26,28). The molecule has 0 fully saturated rings. The van der Waals surface area contributed by atoms with Gasteiger partial charge in [-0.05, 0) is 55.5 Å². The number of carbonyl (C=O) groups excluding carboxylic acids is 2. The number of benzene rings is 2. The zero-order valence-electron chi connectivity index (χ0n) is 15.4. The fraction of sp³-hybridized carbons (Fsp3) is 0.0952. The Balaban J connectivity index is 1.70. The van der Waals surface area contributed by atoms with Crippen LogP contribution in [0.1, 0.15) is 27.9 Å². The van der Waals surface area contributed by atoms with Crippen LogP contribution in [-0.2, 0) is 0 Å². The van der Waals surface area contributed by atoms with Crippen LogP contribution in [0.3, 0.4) is 0 Å². The molecule has 0 unspecified atom stereocenters. The third kappa shape index (κ3) is 5.13. The van der Waals surface area contributed by atoms with Crippen molar-refractivity contribution < 1.29 is 23.1 Å². The lowest BCUT2D eigenvalue weighted by Crippen LogP contribution is -2.19. The average Bonchev–Trinajstić information content (AvgIpc) is 2.72. The van der Waals surface area contributed by atoms with Crippen molar-refractivity contribution in [3.8, 4) is 5.75 Å². The number of pyridine rings is 1. The number of nitrogens with one attached hydrogen (secondary N) is 2. The molecule has 8 heteroatoms. The van der Waals surface area contributed by atoms with Crippen molar-refractivity contribution in [2.45, 2.75) is 6.92 Å². The molecule has 1 aromatic heterocycles. The van der Waals surface area contributed by atoms with Crippen LogP contribution in [0.25, 0.3) is 0 Å². The molecule has 0 spiro atoms. The van der Waals surface area contributed by atoms with Crippen molar-refractivity contribution in [3.05, 3.63) is 83.7 Å². The molecule has 0 saturated heterocycles. The summed E-state index contributed by atoms with van der Waals surface area (Å²) < 4.78 is 32.0. The van der Waals surface area contributed by atoms with E-state index in [1.54, 1.807) is 24.3 Å². The van der Waals surface area contributed by atoms with Gasteiger partial charge in [0, 0.05) is 11.8 Å². The monoisotopic (exact) mass is 397 g/mol. The highest BCUT2D eigenvalue weighted by Crippen LogP contribution is 2.17. The third-order valence-corrected chi connectivity index (χ3v) is 3.82. The van der Waals surface area contributed by atoms with Crippen LogP contribution in [0.5, 0.6) is 5.75 Å². The molecule has 148 valence electrons. The van der Waals surface area contributed by atoms with E-state index in [1.807, 2.05) is 6.92 Å². The summed E-state index contributed by atoms with van der Waals surface area (Å²) in [5.74, 6) is -2.24. The van der Waals surface area contributed by atoms with Crippen molar-refractivity contribution in [2.75, 3.05) is 17.2 Å². The molecule has 3 rings (SSSR count). The lowest BCUT2D eigenvalue weighted by molar-refractivity contribution is 0.101. The Bertz CT molecular complexity index is 1040. The maximum Gasteiger partial charge on any atom is 0.274 e. The highest BCUT2D eigenvalue weighted by Gasteiger charge is 2.14. The van der Waals surface area contributed by atoms with Crippen LogP contribution in [0.4, 0.5) is 20.2 Å². The quantitative estimate of drug-likeness (QED) is 0.651. The van der Waals surface area contributed by atoms with E-state index in [0.29, 0.717) is 24.1 Å². The molecule has 1 heterocycles. The summed E-state index contributed by atoms with van der Waals surface area (Å²) in [7, 11) is 0.